The van der Waals surface area contributed by atoms with Crippen molar-refractivity contribution in [2.24, 2.45) is 0 Å². The number of amides is 1. The first-order valence-corrected chi connectivity index (χ1v) is 8.65. The zero-order valence-corrected chi connectivity index (χ0v) is 13.9. The number of methoxy groups -OCH3 is 1. The normalized spacial score (nSPS) is 23.6. The largest absolute Gasteiger partial charge is 0.380 e. The summed E-state index contributed by atoms with van der Waals surface area (Å²) >= 11 is 0. The van der Waals surface area contributed by atoms with Gasteiger partial charge >= 0.3 is 0 Å². The van der Waals surface area contributed by atoms with Crippen LogP contribution < -0.4 is 0 Å². The first-order chi connectivity index (χ1) is 11.7. The average molecular weight is 325 g/mol. The van der Waals surface area contributed by atoms with Gasteiger partial charge in [0, 0.05) is 32.5 Å². The maximum absolute atomic E-state index is 12.9. The van der Waals surface area contributed by atoms with Crippen LogP contribution in [0.5, 0.6) is 0 Å². The molecule has 1 unspecified atom stereocenters. The Bertz CT molecular complexity index is 709. The van der Waals surface area contributed by atoms with E-state index in [-0.39, 0.29) is 18.1 Å². The molecule has 1 aromatic heterocycles. The Balaban J connectivity index is 1.50. The van der Waals surface area contributed by atoms with Crippen molar-refractivity contribution in [1.82, 2.24) is 14.9 Å². The minimum atomic E-state index is -0.0240. The summed E-state index contributed by atoms with van der Waals surface area (Å²) in [4.78, 5) is 22.3. The van der Waals surface area contributed by atoms with E-state index in [1.165, 1.54) is 18.4 Å². The number of rotatable bonds is 5. The van der Waals surface area contributed by atoms with E-state index < -0.39 is 0 Å². The molecule has 4 rings (SSSR count). The second kappa shape index (κ2) is 6.40. The van der Waals surface area contributed by atoms with Crippen molar-refractivity contribution < 1.29 is 9.53 Å². The molecule has 5 heteroatoms. The van der Waals surface area contributed by atoms with Crippen molar-refractivity contribution in [3.8, 4) is 0 Å². The summed E-state index contributed by atoms with van der Waals surface area (Å²) in [7, 11) is 1.71. The molecule has 0 spiro atoms. The maximum atomic E-state index is 12.9. The number of H-pyrrole nitrogens is 1. The SMILES string of the molecule is CO[C@@H]1CC(c2ncc[nH]2)N(C(=O)Cc2cccc(C3CC3)c2)C1. The zero-order chi connectivity index (χ0) is 16.5. The molecule has 1 aliphatic heterocycles. The van der Waals surface area contributed by atoms with E-state index in [2.05, 4.69) is 34.2 Å². The monoisotopic (exact) mass is 325 g/mol. The second-order valence-corrected chi connectivity index (χ2v) is 6.83. The molecule has 2 aromatic rings. The molecule has 2 fully saturated rings. The number of ether oxygens (including phenoxy) is 1. The molecule has 1 aromatic carbocycles. The van der Waals surface area contributed by atoms with Gasteiger partial charge in [-0.3, -0.25) is 4.79 Å². The van der Waals surface area contributed by atoms with Gasteiger partial charge in [0.25, 0.3) is 0 Å². The standard InChI is InChI=1S/C19H23N3O2/c1-24-16-11-17(19-20-7-8-21-19)22(12-16)18(23)10-13-3-2-4-15(9-13)14-5-6-14/h2-4,7-9,14,16-17H,5-6,10-12H2,1H3,(H,20,21)/t16-,17?/m1/s1. The van der Waals surface area contributed by atoms with E-state index in [1.807, 2.05) is 4.90 Å². The van der Waals surface area contributed by atoms with E-state index in [0.29, 0.717) is 18.9 Å². The van der Waals surface area contributed by atoms with E-state index in [1.54, 1.807) is 19.5 Å². The van der Waals surface area contributed by atoms with Gasteiger partial charge in [-0.2, -0.15) is 0 Å². The Morgan fingerprint density at radius 3 is 3.00 bits per heavy atom. The summed E-state index contributed by atoms with van der Waals surface area (Å²) in [6, 6.07) is 8.47. The molecule has 1 saturated carbocycles. The third-order valence-electron chi connectivity index (χ3n) is 5.11. The van der Waals surface area contributed by atoms with Gasteiger partial charge in [0.15, 0.2) is 0 Å². The number of imidazole rings is 1. The average Bonchev–Trinajstić information content (AvgIpc) is 3.13. The number of likely N-dealkylation sites (tertiary alicyclic amines) is 1. The lowest BCUT2D eigenvalue weighted by Crippen LogP contribution is -2.33. The third kappa shape index (κ3) is 3.08. The highest BCUT2D eigenvalue weighted by atomic mass is 16.5. The van der Waals surface area contributed by atoms with Crippen LogP contribution in [-0.2, 0) is 16.0 Å². The minimum absolute atomic E-state index is 0.0240. The molecule has 2 atom stereocenters. The highest BCUT2D eigenvalue weighted by Gasteiger charge is 2.37. The summed E-state index contributed by atoms with van der Waals surface area (Å²) < 4.78 is 5.49. The van der Waals surface area contributed by atoms with Gasteiger partial charge in [0.2, 0.25) is 5.91 Å². The third-order valence-corrected chi connectivity index (χ3v) is 5.11. The first kappa shape index (κ1) is 15.4. The molecule has 126 valence electrons. The Hall–Kier alpha value is -2.14. The van der Waals surface area contributed by atoms with Crippen LogP contribution in [0.2, 0.25) is 0 Å². The minimum Gasteiger partial charge on any atom is -0.380 e. The maximum Gasteiger partial charge on any atom is 0.227 e. The number of hydrogen-bond acceptors (Lipinski definition) is 3. The molecule has 5 nitrogen and oxygen atoms in total. The van der Waals surface area contributed by atoms with Crippen LogP contribution in [0.15, 0.2) is 36.7 Å². The molecule has 1 saturated heterocycles. The molecular weight excluding hydrogens is 302 g/mol. The van der Waals surface area contributed by atoms with E-state index in [0.717, 1.165) is 17.8 Å². The Morgan fingerprint density at radius 1 is 1.42 bits per heavy atom. The summed E-state index contributed by atoms with van der Waals surface area (Å²) in [6.45, 7) is 0.628. The van der Waals surface area contributed by atoms with E-state index in [4.69, 9.17) is 4.74 Å². The van der Waals surface area contributed by atoms with Crippen molar-refractivity contribution in [1.29, 1.82) is 0 Å². The van der Waals surface area contributed by atoms with Crippen LogP contribution in [0.3, 0.4) is 0 Å². The predicted molar refractivity (Wildman–Crippen MR) is 90.6 cm³/mol. The lowest BCUT2D eigenvalue weighted by atomic mass is 10.0. The fourth-order valence-corrected chi connectivity index (χ4v) is 3.61. The van der Waals surface area contributed by atoms with Crippen LogP contribution in [0.1, 0.15) is 48.2 Å². The zero-order valence-electron chi connectivity index (χ0n) is 13.9. The molecule has 24 heavy (non-hydrogen) atoms. The molecule has 1 amide bonds. The summed E-state index contributed by atoms with van der Waals surface area (Å²) in [5.74, 6) is 1.69. The number of benzene rings is 1. The number of hydrogen-bond donors (Lipinski definition) is 1. The van der Waals surface area contributed by atoms with Crippen LogP contribution in [0.4, 0.5) is 0 Å². The number of aromatic nitrogens is 2. The lowest BCUT2D eigenvalue weighted by Gasteiger charge is -2.23. The smallest absolute Gasteiger partial charge is 0.227 e. The predicted octanol–water partition coefficient (Wildman–Crippen LogP) is 2.82. The van der Waals surface area contributed by atoms with Gasteiger partial charge < -0.3 is 14.6 Å². The molecule has 1 N–H and O–H groups in total. The van der Waals surface area contributed by atoms with Gasteiger partial charge in [0.1, 0.15) is 5.82 Å². The Labute approximate surface area is 142 Å². The molecule has 1 aliphatic carbocycles. The summed E-state index contributed by atoms with van der Waals surface area (Å²) in [5, 5.41) is 0. The highest BCUT2D eigenvalue weighted by Crippen LogP contribution is 2.40. The van der Waals surface area contributed by atoms with Gasteiger partial charge in [-0.15, -0.1) is 0 Å². The number of nitrogens with zero attached hydrogens (tertiary/aromatic N) is 2. The summed E-state index contributed by atoms with van der Waals surface area (Å²) in [6.07, 6.45) is 7.39. The second-order valence-electron chi connectivity index (χ2n) is 6.83. The number of nitrogens with one attached hydrogen (secondary N) is 1. The van der Waals surface area contributed by atoms with Crippen LogP contribution in [0.25, 0.3) is 0 Å². The molecule has 2 aliphatic rings. The number of carbonyl (C=O) groups excluding carboxylic acids is 1. The fourth-order valence-electron chi connectivity index (χ4n) is 3.61. The molecular formula is C19H23N3O2. The van der Waals surface area contributed by atoms with E-state index in [9.17, 15) is 4.79 Å². The van der Waals surface area contributed by atoms with E-state index >= 15 is 0 Å². The highest BCUT2D eigenvalue weighted by molar-refractivity contribution is 5.79. The van der Waals surface area contributed by atoms with Crippen molar-refractivity contribution in [3.05, 3.63) is 53.6 Å². The Morgan fingerprint density at radius 2 is 2.29 bits per heavy atom. The number of carbonyl (C=O) groups is 1. The molecule has 0 bridgehead atoms. The van der Waals surface area contributed by atoms with Gasteiger partial charge in [-0.1, -0.05) is 24.3 Å². The number of aromatic amines is 1. The van der Waals surface area contributed by atoms with Crippen molar-refractivity contribution >= 4 is 5.91 Å². The van der Waals surface area contributed by atoms with Crippen molar-refractivity contribution in [3.63, 3.8) is 0 Å². The van der Waals surface area contributed by atoms with Crippen LogP contribution in [0, 0.1) is 0 Å². The topological polar surface area (TPSA) is 58.2 Å². The first-order valence-electron chi connectivity index (χ1n) is 8.65. The van der Waals surface area contributed by atoms with Gasteiger partial charge in [-0.25, -0.2) is 4.98 Å². The fraction of sp³-hybridized carbons (Fsp3) is 0.474. The summed E-state index contributed by atoms with van der Waals surface area (Å²) in [5.41, 5.74) is 2.47. The molecule has 0 radical (unpaired) electrons. The van der Waals surface area contributed by atoms with Crippen LogP contribution in [-0.4, -0.2) is 40.5 Å². The van der Waals surface area contributed by atoms with Gasteiger partial charge in [-0.05, 0) is 29.9 Å². The van der Waals surface area contributed by atoms with Crippen molar-refractivity contribution in [2.75, 3.05) is 13.7 Å². The Kier molecular flexibility index (Phi) is 4.10. The molecule has 2 heterocycles. The quantitative estimate of drug-likeness (QED) is 0.919. The van der Waals surface area contributed by atoms with Gasteiger partial charge in [0.05, 0.1) is 18.6 Å². The lowest BCUT2D eigenvalue weighted by molar-refractivity contribution is -0.131. The van der Waals surface area contributed by atoms with Crippen LogP contribution >= 0.6 is 0 Å². The van der Waals surface area contributed by atoms with Crippen molar-refractivity contribution in [2.45, 2.75) is 43.7 Å².